The molecule has 1 saturated carbocycles. The van der Waals surface area contributed by atoms with Crippen LogP contribution in [0.2, 0.25) is 0 Å². The van der Waals surface area contributed by atoms with E-state index in [0.29, 0.717) is 36.6 Å². The van der Waals surface area contributed by atoms with E-state index >= 15 is 0 Å². The van der Waals surface area contributed by atoms with Crippen LogP contribution in [0.15, 0.2) is 18.2 Å². The summed E-state index contributed by atoms with van der Waals surface area (Å²) in [6.07, 6.45) is 1.15. The lowest BCUT2D eigenvalue weighted by molar-refractivity contribution is -0.384. The Morgan fingerprint density at radius 2 is 2.20 bits per heavy atom. The summed E-state index contributed by atoms with van der Waals surface area (Å²) in [5.74, 6) is 0.0234. The maximum atomic E-state index is 11.6. The standard InChI is InChI=1S/C13H17N3O4/c1-14-13(18)9-2-3-12(16(19)20)11(6-9)15-7-8-4-10(17)5-8/h2-3,6,8,10,15,17H,4-5,7H2,1H3,(H,14,18). The predicted octanol–water partition coefficient (Wildman–Crippen LogP) is 1.14. The Hall–Kier alpha value is -2.15. The Balaban J connectivity index is 2.14. The third-order valence-electron chi connectivity index (χ3n) is 3.47. The highest BCUT2D eigenvalue weighted by atomic mass is 16.6. The lowest BCUT2D eigenvalue weighted by atomic mass is 9.82. The van der Waals surface area contributed by atoms with Gasteiger partial charge in [-0.1, -0.05) is 0 Å². The Labute approximate surface area is 116 Å². The van der Waals surface area contributed by atoms with Gasteiger partial charge in [0.25, 0.3) is 11.6 Å². The largest absolute Gasteiger partial charge is 0.393 e. The first-order chi connectivity index (χ1) is 9.51. The summed E-state index contributed by atoms with van der Waals surface area (Å²) in [7, 11) is 1.51. The van der Waals surface area contributed by atoms with E-state index in [1.54, 1.807) is 0 Å². The zero-order chi connectivity index (χ0) is 14.7. The van der Waals surface area contributed by atoms with Crippen LogP contribution in [0, 0.1) is 16.0 Å². The Bertz CT molecular complexity index is 526. The average molecular weight is 279 g/mol. The van der Waals surface area contributed by atoms with Crippen molar-refractivity contribution in [3.05, 3.63) is 33.9 Å². The van der Waals surface area contributed by atoms with Crippen LogP contribution in [0.5, 0.6) is 0 Å². The molecule has 1 amide bonds. The maximum Gasteiger partial charge on any atom is 0.292 e. The second-order valence-electron chi connectivity index (χ2n) is 4.94. The Morgan fingerprint density at radius 1 is 1.50 bits per heavy atom. The van der Waals surface area contributed by atoms with Gasteiger partial charge in [0.2, 0.25) is 0 Å². The molecule has 0 unspecified atom stereocenters. The number of rotatable bonds is 5. The molecule has 0 bridgehead atoms. The van der Waals surface area contributed by atoms with Gasteiger partial charge in [-0.3, -0.25) is 14.9 Å². The summed E-state index contributed by atoms with van der Waals surface area (Å²) in [4.78, 5) is 22.1. The third-order valence-corrected chi connectivity index (χ3v) is 3.47. The molecule has 7 nitrogen and oxygen atoms in total. The second kappa shape index (κ2) is 5.87. The van der Waals surface area contributed by atoms with Crippen LogP contribution < -0.4 is 10.6 Å². The van der Waals surface area contributed by atoms with Crippen molar-refractivity contribution in [2.24, 2.45) is 5.92 Å². The summed E-state index contributed by atoms with van der Waals surface area (Å²) < 4.78 is 0. The molecule has 0 heterocycles. The summed E-state index contributed by atoms with van der Waals surface area (Å²) >= 11 is 0. The molecule has 0 aromatic heterocycles. The zero-order valence-electron chi connectivity index (χ0n) is 11.1. The fourth-order valence-corrected chi connectivity index (χ4v) is 2.24. The van der Waals surface area contributed by atoms with E-state index in [1.165, 1.54) is 25.2 Å². The molecule has 1 aliphatic carbocycles. The molecule has 0 saturated heterocycles. The van der Waals surface area contributed by atoms with Gasteiger partial charge in [0.15, 0.2) is 0 Å². The van der Waals surface area contributed by atoms with E-state index in [9.17, 15) is 20.0 Å². The second-order valence-corrected chi connectivity index (χ2v) is 4.94. The maximum absolute atomic E-state index is 11.6. The van der Waals surface area contributed by atoms with Crippen LogP contribution in [0.25, 0.3) is 0 Å². The molecule has 1 aromatic carbocycles. The molecule has 1 aromatic rings. The first kappa shape index (κ1) is 14.3. The number of carbonyl (C=O) groups is 1. The number of carbonyl (C=O) groups excluding carboxylic acids is 1. The van der Waals surface area contributed by atoms with E-state index < -0.39 is 4.92 Å². The van der Waals surface area contributed by atoms with Crippen molar-refractivity contribution in [3.63, 3.8) is 0 Å². The first-order valence-corrected chi connectivity index (χ1v) is 6.43. The van der Waals surface area contributed by atoms with Crippen molar-refractivity contribution < 1.29 is 14.8 Å². The summed E-state index contributed by atoms with van der Waals surface area (Å²) in [5.41, 5.74) is 0.643. The number of nitro groups is 1. The van der Waals surface area contributed by atoms with E-state index in [2.05, 4.69) is 10.6 Å². The minimum Gasteiger partial charge on any atom is -0.393 e. The monoisotopic (exact) mass is 279 g/mol. The van der Waals surface area contributed by atoms with Crippen molar-refractivity contribution in [2.45, 2.75) is 18.9 Å². The molecule has 0 spiro atoms. The smallest absolute Gasteiger partial charge is 0.292 e. The number of hydrogen-bond donors (Lipinski definition) is 3. The molecule has 0 aliphatic heterocycles. The van der Waals surface area contributed by atoms with Crippen LogP contribution in [0.1, 0.15) is 23.2 Å². The molecule has 1 fully saturated rings. The van der Waals surface area contributed by atoms with Gasteiger partial charge in [0.05, 0.1) is 11.0 Å². The Morgan fingerprint density at radius 3 is 2.75 bits per heavy atom. The molecule has 1 aliphatic rings. The van der Waals surface area contributed by atoms with Crippen LogP contribution in [-0.2, 0) is 0 Å². The number of aliphatic hydroxyl groups is 1. The normalized spacial score (nSPS) is 20.9. The van der Waals surface area contributed by atoms with Crippen LogP contribution in [-0.4, -0.2) is 35.6 Å². The van der Waals surface area contributed by atoms with Gasteiger partial charge < -0.3 is 15.7 Å². The number of amides is 1. The number of aliphatic hydroxyl groups excluding tert-OH is 1. The molecule has 7 heteroatoms. The third kappa shape index (κ3) is 3.05. The first-order valence-electron chi connectivity index (χ1n) is 6.43. The lowest BCUT2D eigenvalue weighted by Gasteiger charge is -2.31. The summed E-state index contributed by atoms with van der Waals surface area (Å²) in [6.45, 7) is 0.551. The van der Waals surface area contributed by atoms with Gasteiger partial charge in [-0.25, -0.2) is 0 Å². The quantitative estimate of drug-likeness (QED) is 0.553. The van der Waals surface area contributed by atoms with Gasteiger partial charge in [-0.15, -0.1) is 0 Å². The van der Waals surface area contributed by atoms with Gasteiger partial charge in [0.1, 0.15) is 5.69 Å². The minimum absolute atomic E-state index is 0.0578. The van der Waals surface area contributed by atoms with Crippen LogP contribution >= 0.6 is 0 Å². The summed E-state index contributed by atoms with van der Waals surface area (Å²) in [5, 5.41) is 25.7. The van der Waals surface area contributed by atoms with Gasteiger partial charge >= 0.3 is 0 Å². The number of hydrogen-bond acceptors (Lipinski definition) is 5. The molecule has 20 heavy (non-hydrogen) atoms. The number of nitro benzene ring substituents is 1. The number of anilines is 1. The van der Waals surface area contributed by atoms with Gasteiger partial charge in [-0.2, -0.15) is 0 Å². The van der Waals surface area contributed by atoms with Crippen LogP contribution in [0.3, 0.4) is 0 Å². The van der Waals surface area contributed by atoms with Crippen LogP contribution in [0.4, 0.5) is 11.4 Å². The summed E-state index contributed by atoms with van der Waals surface area (Å²) in [6, 6.07) is 4.23. The van der Waals surface area contributed by atoms with Gasteiger partial charge in [-0.05, 0) is 30.9 Å². The molecule has 0 radical (unpaired) electrons. The van der Waals surface area contributed by atoms with Crippen molar-refractivity contribution in [3.8, 4) is 0 Å². The van der Waals surface area contributed by atoms with Gasteiger partial charge in [0, 0.05) is 25.2 Å². The minimum atomic E-state index is -0.481. The molecule has 2 rings (SSSR count). The highest BCUT2D eigenvalue weighted by molar-refractivity contribution is 5.95. The average Bonchev–Trinajstić information content (AvgIpc) is 2.40. The zero-order valence-corrected chi connectivity index (χ0v) is 11.1. The number of nitrogens with zero attached hydrogens (tertiary/aromatic N) is 1. The molecular formula is C13H17N3O4. The Kier molecular flexibility index (Phi) is 4.19. The highest BCUT2D eigenvalue weighted by Crippen LogP contribution is 2.30. The lowest BCUT2D eigenvalue weighted by Crippen LogP contribution is -2.33. The van der Waals surface area contributed by atoms with Crippen molar-refractivity contribution in [1.29, 1.82) is 0 Å². The molecular weight excluding hydrogens is 262 g/mol. The number of nitrogens with one attached hydrogen (secondary N) is 2. The molecule has 108 valence electrons. The molecule has 0 atom stereocenters. The van der Waals surface area contributed by atoms with Crippen molar-refractivity contribution in [1.82, 2.24) is 5.32 Å². The van der Waals surface area contributed by atoms with E-state index in [-0.39, 0.29) is 17.7 Å². The van der Waals surface area contributed by atoms with E-state index in [0.717, 1.165) is 0 Å². The predicted molar refractivity (Wildman–Crippen MR) is 73.7 cm³/mol. The fraction of sp³-hybridized carbons (Fsp3) is 0.462. The SMILES string of the molecule is CNC(=O)c1ccc([N+](=O)[O-])c(NCC2CC(O)C2)c1. The fourth-order valence-electron chi connectivity index (χ4n) is 2.24. The van der Waals surface area contributed by atoms with E-state index in [4.69, 9.17) is 0 Å². The van der Waals surface area contributed by atoms with E-state index in [1.807, 2.05) is 0 Å². The molecule has 3 N–H and O–H groups in total. The van der Waals surface area contributed by atoms with Crippen molar-refractivity contribution >= 4 is 17.3 Å². The topological polar surface area (TPSA) is 104 Å². The highest BCUT2D eigenvalue weighted by Gasteiger charge is 2.27. The number of benzene rings is 1. The van der Waals surface area contributed by atoms with Crippen molar-refractivity contribution in [2.75, 3.05) is 18.9 Å².